The first-order valence-corrected chi connectivity index (χ1v) is 8.11. The minimum absolute atomic E-state index is 0.528. The summed E-state index contributed by atoms with van der Waals surface area (Å²) in [6.45, 7) is 9.50. The monoisotopic (exact) mass is 288 g/mol. The number of anilines is 1. The predicted octanol–water partition coefficient (Wildman–Crippen LogP) is 1.40. The van der Waals surface area contributed by atoms with Gasteiger partial charge in [-0.2, -0.15) is 0 Å². The Labute approximate surface area is 128 Å². The summed E-state index contributed by atoms with van der Waals surface area (Å²) in [7, 11) is 4.18. The molecule has 0 spiro atoms. The van der Waals surface area contributed by atoms with Crippen molar-refractivity contribution in [3.05, 3.63) is 29.8 Å². The molecule has 21 heavy (non-hydrogen) atoms. The number of hydrogen-bond donors (Lipinski definition) is 1. The highest BCUT2D eigenvalue weighted by Gasteiger charge is 2.34. The van der Waals surface area contributed by atoms with Gasteiger partial charge in [0.1, 0.15) is 0 Å². The van der Waals surface area contributed by atoms with Crippen LogP contribution < -0.4 is 10.2 Å². The fraction of sp³-hybridized carbons (Fsp3) is 0.647. The molecule has 3 rings (SSSR count). The van der Waals surface area contributed by atoms with E-state index >= 15 is 0 Å². The molecule has 116 valence electrons. The van der Waals surface area contributed by atoms with Crippen molar-refractivity contribution in [1.29, 1.82) is 0 Å². The zero-order chi connectivity index (χ0) is 14.8. The van der Waals surface area contributed by atoms with Crippen molar-refractivity contribution in [2.75, 3.05) is 58.3 Å². The van der Waals surface area contributed by atoms with E-state index in [-0.39, 0.29) is 0 Å². The van der Waals surface area contributed by atoms with Crippen molar-refractivity contribution in [2.45, 2.75) is 19.0 Å². The number of nitrogens with zero attached hydrogens (tertiary/aromatic N) is 3. The number of benzene rings is 1. The third-order valence-electron chi connectivity index (χ3n) is 5.00. The van der Waals surface area contributed by atoms with Crippen molar-refractivity contribution >= 4 is 5.69 Å². The van der Waals surface area contributed by atoms with E-state index in [1.165, 1.54) is 37.4 Å². The standard InChI is InChI=1S/C17H28N4/c1-14(15-4-6-16(7-5-15)19(2)3)21-12-17(13-21)20-10-8-18-9-11-20/h4-7,14,17-18H,8-13H2,1-3H3. The molecule has 1 aromatic carbocycles. The molecule has 2 aliphatic rings. The molecule has 4 nitrogen and oxygen atoms in total. The quantitative estimate of drug-likeness (QED) is 0.904. The number of rotatable bonds is 4. The highest BCUT2D eigenvalue weighted by molar-refractivity contribution is 5.46. The molecule has 0 aromatic heterocycles. The third kappa shape index (κ3) is 3.23. The van der Waals surface area contributed by atoms with Gasteiger partial charge in [-0.05, 0) is 24.6 Å². The SMILES string of the molecule is CC(c1ccc(N(C)C)cc1)N1CC(N2CCNCC2)C1. The van der Waals surface area contributed by atoms with E-state index in [1.54, 1.807) is 0 Å². The third-order valence-corrected chi connectivity index (χ3v) is 5.00. The second kappa shape index (κ2) is 6.34. The maximum absolute atomic E-state index is 3.43. The molecule has 0 saturated carbocycles. The van der Waals surface area contributed by atoms with Crippen molar-refractivity contribution < 1.29 is 0 Å². The van der Waals surface area contributed by atoms with Crippen LogP contribution in [0.2, 0.25) is 0 Å². The Bertz CT molecular complexity index is 444. The average Bonchev–Trinajstić information content (AvgIpc) is 2.47. The second-order valence-corrected chi connectivity index (χ2v) is 6.56. The fourth-order valence-electron chi connectivity index (χ4n) is 3.34. The first-order chi connectivity index (χ1) is 10.1. The zero-order valence-electron chi connectivity index (χ0n) is 13.5. The summed E-state index contributed by atoms with van der Waals surface area (Å²) in [5, 5.41) is 3.43. The van der Waals surface area contributed by atoms with Gasteiger partial charge in [-0.1, -0.05) is 12.1 Å². The van der Waals surface area contributed by atoms with Crippen LogP contribution in [-0.4, -0.2) is 69.2 Å². The molecule has 0 amide bonds. The zero-order valence-corrected chi connectivity index (χ0v) is 13.5. The lowest BCUT2D eigenvalue weighted by atomic mass is 9.99. The normalized spacial score (nSPS) is 22.8. The van der Waals surface area contributed by atoms with Crippen LogP contribution >= 0.6 is 0 Å². The summed E-state index contributed by atoms with van der Waals surface area (Å²) >= 11 is 0. The van der Waals surface area contributed by atoms with Crippen LogP contribution in [0.3, 0.4) is 0 Å². The Morgan fingerprint density at radius 2 is 1.71 bits per heavy atom. The van der Waals surface area contributed by atoms with Gasteiger partial charge in [0, 0.05) is 71.1 Å². The molecule has 0 radical (unpaired) electrons. The van der Waals surface area contributed by atoms with E-state index in [9.17, 15) is 0 Å². The van der Waals surface area contributed by atoms with E-state index in [4.69, 9.17) is 0 Å². The number of nitrogens with one attached hydrogen (secondary N) is 1. The van der Waals surface area contributed by atoms with Crippen LogP contribution in [0.25, 0.3) is 0 Å². The van der Waals surface area contributed by atoms with Gasteiger partial charge in [0.15, 0.2) is 0 Å². The maximum Gasteiger partial charge on any atom is 0.0361 e. The lowest BCUT2D eigenvalue weighted by molar-refractivity contribution is 0.00348. The van der Waals surface area contributed by atoms with Crippen LogP contribution in [0, 0.1) is 0 Å². The van der Waals surface area contributed by atoms with Crippen molar-refractivity contribution in [3.63, 3.8) is 0 Å². The van der Waals surface area contributed by atoms with Crippen LogP contribution in [0.5, 0.6) is 0 Å². The minimum atomic E-state index is 0.528. The van der Waals surface area contributed by atoms with Crippen molar-refractivity contribution in [3.8, 4) is 0 Å². The van der Waals surface area contributed by atoms with E-state index < -0.39 is 0 Å². The van der Waals surface area contributed by atoms with E-state index in [2.05, 4.69) is 65.3 Å². The summed E-state index contributed by atoms with van der Waals surface area (Å²) in [5.41, 5.74) is 2.70. The van der Waals surface area contributed by atoms with Gasteiger partial charge in [-0.15, -0.1) is 0 Å². The Hall–Kier alpha value is -1.10. The molecule has 4 heteroatoms. The molecule has 1 N–H and O–H groups in total. The van der Waals surface area contributed by atoms with Gasteiger partial charge in [-0.3, -0.25) is 9.80 Å². The van der Waals surface area contributed by atoms with Crippen molar-refractivity contribution in [2.24, 2.45) is 0 Å². The maximum atomic E-state index is 3.43. The van der Waals surface area contributed by atoms with Gasteiger partial charge < -0.3 is 10.2 Å². The molecule has 0 aliphatic carbocycles. The number of hydrogen-bond acceptors (Lipinski definition) is 4. The second-order valence-electron chi connectivity index (χ2n) is 6.56. The largest absolute Gasteiger partial charge is 0.378 e. The Kier molecular flexibility index (Phi) is 4.48. The van der Waals surface area contributed by atoms with Gasteiger partial charge in [0.05, 0.1) is 0 Å². The predicted molar refractivity (Wildman–Crippen MR) is 89.0 cm³/mol. The van der Waals surface area contributed by atoms with Gasteiger partial charge in [0.25, 0.3) is 0 Å². The smallest absolute Gasteiger partial charge is 0.0361 e. The summed E-state index contributed by atoms with van der Waals surface area (Å²) in [6.07, 6.45) is 0. The average molecular weight is 288 g/mol. The van der Waals surface area contributed by atoms with E-state index in [0.717, 1.165) is 19.1 Å². The molecule has 2 saturated heterocycles. The lowest BCUT2D eigenvalue weighted by Crippen LogP contribution is -2.62. The minimum Gasteiger partial charge on any atom is -0.378 e. The molecule has 2 aliphatic heterocycles. The Balaban J connectivity index is 1.53. The molecular weight excluding hydrogens is 260 g/mol. The van der Waals surface area contributed by atoms with Gasteiger partial charge in [-0.25, -0.2) is 0 Å². The van der Waals surface area contributed by atoms with E-state index in [0.29, 0.717) is 6.04 Å². The molecule has 1 atom stereocenters. The number of piperazine rings is 1. The Morgan fingerprint density at radius 1 is 1.10 bits per heavy atom. The molecule has 1 unspecified atom stereocenters. The highest BCUT2D eigenvalue weighted by Crippen LogP contribution is 2.28. The van der Waals surface area contributed by atoms with Crippen LogP contribution in [0.4, 0.5) is 5.69 Å². The summed E-state index contributed by atoms with van der Waals surface area (Å²) in [6, 6.07) is 10.3. The van der Waals surface area contributed by atoms with Gasteiger partial charge >= 0.3 is 0 Å². The summed E-state index contributed by atoms with van der Waals surface area (Å²) in [5.74, 6) is 0. The Morgan fingerprint density at radius 3 is 2.29 bits per heavy atom. The highest BCUT2D eigenvalue weighted by atomic mass is 15.3. The van der Waals surface area contributed by atoms with Crippen molar-refractivity contribution in [1.82, 2.24) is 15.1 Å². The first-order valence-electron chi connectivity index (χ1n) is 8.11. The summed E-state index contributed by atoms with van der Waals surface area (Å²) < 4.78 is 0. The molecule has 2 heterocycles. The molecule has 0 bridgehead atoms. The first kappa shape index (κ1) is 14.8. The van der Waals surface area contributed by atoms with Crippen LogP contribution in [-0.2, 0) is 0 Å². The van der Waals surface area contributed by atoms with Crippen LogP contribution in [0.1, 0.15) is 18.5 Å². The lowest BCUT2D eigenvalue weighted by Gasteiger charge is -2.49. The summed E-state index contributed by atoms with van der Waals surface area (Å²) in [4.78, 5) is 7.39. The fourth-order valence-corrected chi connectivity index (χ4v) is 3.34. The molecule has 2 fully saturated rings. The molecule has 1 aromatic rings. The van der Waals surface area contributed by atoms with E-state index in [1.807, 2.05) is 0 Å². The van der Waals surface area contributed by atoms with Crippen LogP contribution in [0.15, 0.2) is 24.3 Å². The van der Waals surface area contributed by atoms with Gasteiger partial charge in [0.2, 0.25) is 0 Å². The molecular formula is C17H28N4. The topological polar surface area (TPSA) is 21.8 Å². The number of likely N-dealkylation sites (tertiary alicyclic amines) is 1.